The van der Waals surface area contributed by atoms with Crippen LogP contribution in [0.4, 0.5) is 0 Å². The Hall–Kier alpha value is -0.280. The molecular formula is C17H27ClN2O. The van der Waals surface area contributed by atoms with Gasteiger partial charge in [-0.05, 0) is 67.6 Å². The van der Waals surface area contributed by atoms with Crippen molar-refractivity contribution >= 4 is 18.3 Å². The van der Waals surface area contributed by atoms with Crippen LogP contribution in [-0.2, 0) is 4.79 Å². The Morgan fingerprint density at radius 3 is 1.86 bits per heavy atom. The van der Waals surface area contributed by atoms with E-state index in [-0.39, 0.29) is 12.4 Å². The van der Waals surface area contributed by atoms with E-state index in [1.807, 2.05) is 0 Å². The molecule has 0 unspecified atom stereocenters. The quantitative estimate of drug-likeness (QED) is 0.805. The van der Waals surface area contributed by atoms with Gasteiger partial charge in [-0.25, -0.2) is 0 Å². The Labute approximate surface area is 133 Å². The molecule has 0 aromatic heterocycles. The fourth-order valence-electron chi connectivity index (χ4n) is 6.57. The maximum absolute atomic E-state index is 13.1. The lowest BCUT2D eigenvalue weighted by molar-refractivity contribution is -0.148. The topological polar surface area (TPSA) is 32.3 Å². The van der Waals surface area contributed by atoms with Crippen LogP contribution in [0.25, 0.3) is 0 Å². The molecule has 0 radical (unpaired) electrons. The minimum absolute atomic E-state index is 0. The second-order valence-electron chi connectivity index (χ2n) is 8.38. The van der Waals surface area contributed by atoms with E-state index < -0.39 is 0 Å². The van der Waals surface area contributed by atoms with Crippen molar-refractivity contribution in [2.45, 2.75) is 32.1 Å². The molecule has 1 amide bonds. The highest BCUT2D eigenvalue weighted by Crippen LogP contribution is 2.57. The van der Waals surface area contributed by atoms with Gasteiger partial charge in [-0.15, -0.1) is 12.4 Å². The summed E-state index contributed by atoms with van der Waals surface area (Å²) in [6.07, 6.45) is 6.95. The molecule has 6 fully saturated rings. The number of amides is 1. The second-order valence-corrected chi connectivity index (χ2v) is 8.38. The Morgan fingerprint density at radius 2 is 1.33 bits per heavy atom. The molecule has 2 aliphatic heterocycles. The molecule has 0 aromatic rings. The third kappa shape index (κ3) is 2.15. The summed E-state index contributed by atoms with van der Waals surface area (Å²) < 4.78 is 0. The molecule has 21 heavy (non-hydrogen) atoms. The van der Waals surface area contributed by atoms with E-state index in [4.69, 9.17) is 0 Å². The van der Waals surface area contributed by atoms with Crippen LogP contribution >= 0.6 is 12.4 Å². The molecule has 4 bridgehead atoms. The molecule has 1 N–H and O–H groups in total. The lowest BCUT2D eigenvalue weighted by Gasteiger charge is -2.54. The number of hydrogen-bond acceptors (Lipinski definition) is 2. The number of nitrogens with one attached hydrogen (secondary N) is 1. The number of rotatable bonds is 1. The first kappa shape index (κ1) is 14.3. The van der Waals surface area contributed by atoms with Gasteiger partial charge in [0.1, 0.15) is 0 Å². The van der Waals surface area contributed by atoms with Crippen LogP contribution in [-0.4, -0.2) is 37.0 Å². The maximum Gasteiger partial charge on any atom is 0.226 e. The third-order valence-corrected chi connectivity index (χ3v) is 7.21. The van der Waals surface area contributed by atoms with E-state index in [2.05, 4.69) is 10.2 Å². The highest BCUT2D eigenvalue weighted by atomic mass is 35.5. The van der Waals surface area contributed by atoms with Gasteiger partial charge < -0.3 is 10.2 Å². The summed E-state index contributed by atoms with van der Waals surface area (Å²) in [6.45, 7) is 4.35. The van der Waals surface area contributed by atoms with Crippen molar-refractivity contribution in [3.8, 4) is 0 Å². The molecule has 2 saturated heterocycles. The number of carbonyl (C=O) groups excluding carboxylic acids is 1. The van der Waals surface area contributed by atoms with Crippen LogP contribution in [0, 0.1) is 41.4 Å². The van der Waals surface area contributed by atoms with Crippen molar-refractivity contribution in [1.82, 2.24) is 10.2 Å². The summed E-state index contributed by atoms with van der Waals surface area (Å²) >= 11 is 0. The van der Waals surface area contributed by atoms with Crippen molar-refractivity contribution < 1.29 is 4.79 Å². The fraction of sp³-hybridized carbons (Fsp3) is 0.941. The molecular weight excluding hydrogens is 284 g/mol. The first-order valence-electron chi connectivity index (χ1n) is 8.77. The standard InChI is InChI=1S/C17H26N2O.ClH/c20-17(19-8-14-6-18-7-15(14)9-19)16-12-2-10-1-11(4-12)5-13(16)3-10;/h10-16,18H,1-9H2;1H/t10?,11?,12?,13?,14-,15+,16?;. The van der Waals surface area contributed by atoms with Crippen molar-refractivity contribution in [1.29, 1.82) is 0 Å². The second kappa shape index (κ2) is 5.13. The number of hydrogen-bond donors (Lipinski definition) is 1. The van der Waals surface area contributed by atoms with Crippen molar-refractivity contribution in [3.05, 3.63) is 0 Å². The smallest absolute Gasteiger partial charge is 0.226 e. The van der Waals surface area contributed by atoms with Gasteiger partial charge in [0, 0.05) is 32.1 Å². The molecule has 2 atom stereocenters. The summed E-state index contributed by atoms with van der Waals surface area (Å²) in [7, 11) is 0. The fourth-order valence-corrected chi connectivity index (χ4v) is 6.57. The van der Waals surface area contributed by atoms with Crippen LogP contribution in [0.5, 0.6) is 0 Å². The van der Waals surface area contributed by atoms with Crippen LogP contribution in [0.1, 0.15) is 32.1 Å². The molecule has 4 saturated carbocycles. The Bertz CT molecular complexity index is 401. The van der Waals surface area contributed by atoms with Gasteiger partial charge in [-0.2, -0.15) is 0 Å². The lowest BCUT2D eigenvalue weighted by Crippen LogP contribution is -2.51. The van der Waals surface area contributed by atoms with Crippen LogP contribution in [0.2, 0.25) is 0 Å². The summed E-state index contributed by atoms with van der Waals surface area (Å²) in [5.41, 5.74) is 0. The Kier molecular flexibility index (Phi) is 3.50. The van der Waals surface area contributed by atoms with Crippen LogP contribution in [0.3, 0.4) is 0 Å². The molecule has 4 heteroatoms. The zero-order valence-electron chi connectivity index (χ0n) is 12.7. The predicted octanol–water partition coefficient (Wildman–Crippen LogP) is 2.16. The zero-order chi connectivity index (χ0) is 13.3. The van der Waals surface area contributed by atoms with Gasteiger partial charge in [0.2, 0.25) is 5.91 Å². The maximum atomic E-state index is 13.1. The van der Waals surface area contributed by atoms with Gasteiger partial charge in [0.25, 0.3) is 0 Å². The molecule has 118 valence electrons. The van der Waals surface area contributed by atoms with Crippen molar-refractivity contribution in [2.75, 3.05) is 26.2 Å². The summed E-state index contributed by atoms with van der Waals surface area (Å²) in [6, 6.07) is 0. The number of fused-ring (bicyclic) bond motifs is 1. The minimum atomic E-state index is 0. The van der Waals surface area contributed by atoms with Gasteiger partial charge in [0.05, 0.1) is 0 Å². The Balaban J connectivity index is 0.00000115. The first-order valence-corrected chi connectivity index (χ1v) is 8.77. The number of halogens is 1. The molecule has 6 rings (SSSR count). The van der Waals surface area contributed by atoms with Crippen LogP contribution in [0.15, 0.2) is 0 Å². The molecule has 0 spiro atoms. The molecule has 3 nitrogen and oxygen atoms in total. The predicted molar refractivity (Wildman–Crippen MR) is 84.2 cm³/mol. The molecule has 0 aromatic carbocycles. The number of nitrogens with zero attached hydrogens (tertiary/aromatic N) is 1. The molecule has 2 heterocycles. The van der Waals surface area contributed by atoms with Gasteiger partial charge in [-0.3, -0.25) is 4.79 Å². The minimum Gasteiger partial charge on any atom is -0.342 e. The Morgan fingerprint density at radius 1 is 0.810 bits per heavy atom. The normalized spacial score (nSPS) is 50.1. The lowest BCUT2D eigenvalue weighted by atomic mass is 9.51. The van der Waals surface area contributed by atoms with E-state index in [0.29, 0.717) is 11.8 Å². The average Bonchev–Trinajstić information content (AvgIpc) is 2.97. The first-order chi connectivity index (χ1) is 9.78. The SMILES string of the molecule is Cl.O=C(C1C2CC3CC(C2)CC1C3)N1C[C@H]2CNC[C@H]2C1. The van der Waals surface area contributed by atoms with Gasteiger partial charge >= 0.3 is 0 Å². The molecule has 6 aliphatic rings. The van der Waals surface area contributed by atoms with Crippen molar-refractivity contribution in [3.63, 3.8) is 0 Å². The van der Waals surface area contributed by atoms with Gasteiger partial charge in [0.15, 0.2) is 0 Å². The number of likely N-dealkylation sites (tertiary alicyclic amines) is 1. The highest BCUT2D eigenvalue weighted by molar-refractivity contribution is 5.85. The third-order valence-electron chi connectivity index (χ3n) is 7.21. The summed E-state index contributed by atoms with van der Waals surface area (Å²) in [5.74, 6) is 5.90. The van der Waals surface area contributed by atoms with Crippen LogP contribution < -0.4 is 5.32 Å². The summed E-state index contributed by atoms with van der Waals surface area (Å²) in [5, 5.41) is 3.48. The largest absolute Gasteiger partial charge is 0.342 e. The van der Waals surface area contributed by atoms with Crippen molar-refractivity contribution in [2.24, 2.45) is 41.4 Å². The van der Waals surface area contributed by atoms with E-state index in [0.717, 1.165) is 61.7 Å². The number of carbonyl (C=O) groups is 1. The average molecular weight is 311 g/mol. The van der Waals surface area contributed by atoms with E-state index in [9.17, 15) is 4.79 Å². The highest BCUT2D eigenvalue weighted by Gasteiger charge is 2.52. The van der Waals surface area contributed by atoms with Gasteiger partial charge in [-0.1, -0.05) is 0 Å². The summed E-state index contributed by atoms with van der Waals surface area (Å²) in [4.78, 5) is 15.3. The van der Waals surface area contributed by atoms with E-state index in [1.54, 1.807) is 0 Å². The zero-order valence-corrected chi connectivity index (χ0v) is 13.5. The molecule has 4 aliphatic carbocycles. The monoisotopic (exact) mass is 310 g/mol. The van der Waals surface area contributed by atoms with E-state index in [1.165, 1.54) is 32.1 Å². The van der Waals surface area contributed by atoms with E-state index >= 15 is 0 Å².